The summed E-state index contributed by atoms with van der Waals surface area (Å²) in [6.07, 6.45) is 3.81. The molecule has 0 fully saturated rings. The third kappa shape index (κ3) is 2.15. The molecule has 1 aliphatic carbocycles. The van der Waals surface area contributed by atoms with Gasteiger partial charge in [0.25, 0.3) is 0 Å². The van der Waals surface area contributed by atoms with Crippen LogP contribution in [0.2, 0.25) is 0 Å². The molecule has 0 amide bonds. The monoisotopic (exact) mass is 256 g/mol. The SMILES string of the molecule is Cc1ccc(F)cc1C(N)C1CCc2cccnc21. The standard InChI is InChI=1S/C16H17FN2/c1-10-4-6-12(17)9-14(10)15(18)13-7-5-11-3-2-8-19-16(11)13/h2-4,6,8-9,13,15H,5,7,18H2,1H3. The van der Waals surface area contributed by atoms with Crippen LogP contribution in [0.3, 0.4) is 0 Å². The number of benzene rings is 1. The van der Waals surface area contributed by atoms with Gasteiger partial charge in [-0.25, -0.2) is 4.39 Å². The lowest BCUT2D eigenvalue weighted by Gasteiger charge is -2.21. The topological polar surface area (TPSA) is 38.9 Å². The van der Waals surface area contributed by atoms with Crippen LogP contribution in [0, 0.1) is 12.7 Å². The molecular formula is C16H17FN2. The summed E-state index contributed by atoms with van der Waals surface area (Å²) in [7, 11) is 0. The summed E-state index contributed by atoms with van der Waals surface area (Å²) in [6, 6.07) is 8.70. The third-order valence-electron chi connectivity index (χ3n) is 4.04. The first-order valence-electron chi connectivity index (χ1n) is 6.62. The summed E-state index contributed by atoms with van der Waals surface area (Å²) in [5, 5.41) is 0. The number of aromatic nitrogens is 1. The average molecular weight is 256 g/mol. The zero-order valence-corrected chi connectivity index (χ0v) is 10.9. The highest BCUT2D eigenvalue weighted by Gasteiger charge is 2.30. The van der Waals surface area contributed by atoms with E-state index in [1.54, 1.807) is 12.1 Å². The van der Waals surface area contributed by atoms with Crippen LogP contribution in [0.25, 0.3) is 0 Å². The molecule has 0 bridgehead atoms. The van der Waals surface area contributed by atoms with Gasteiger partial charge in [-0.2, -0.15) is 0 Å². The van der Waals surface area contributed by atoms with Crippen LogP contribution in [0.15, 0.2) is 36.5 Å². The van der Waals surface area contributed by atoms with E-state index in [4.69, 9.17) is 5.73 Å². The maximum atomic E-state index is 13.4. The van der Waals surface area contributed by atoms with Crippen LogP contribution in [0.1, 0.15) is 40.8 Å². The number of nitrogens with zero attached hydrogens (tertiary/aromatic N) is 1. The van der Waals surface area contributed by atoms with Crippen molar-refractivity contribution in [1.82, 2.24) is 4.98 Å². The highest BCUT2D eigenvalue weighted by atomic mass is 19.1. The highest BCUT2D eigenvalue weighted by Crippen LogP contribution is 2.39. The Hall–Kier alpha value is -1.74. The Morgan fingerprint density at radius 1 is 1.37 bits per heavy atom. The van der Waals surface area contributed by atoms with Gasteiger partial charge in [0.1, 0.15) is 5.82 Å². The van der Waals surface area contributed by atoms with Gasteiger partial charge in [-0.1, -0.05) is 12.1 Å². The molecule has 2 atom stereocenters. The molecule has 19 heavy (non-hydrogen) atoms. The molecule has 2 unspecified atom stereocenters. The lowest BCUT2D eigenvalue weighted by Crippen LogP contribution is -2.20. The molecule has 98 valence electrons. The van der Waals surface area contributed by atoms with Crippen molar-refractivity contribution in [2.45, 2.75) is 31.7 Å². The number of fused-ring (bicyclic) bond motifs is 1. The van der Waals surface area contributed by atoms with Crippen LogP contribution < -0.4 is 5.73 Å². The first-order chi connectivity index (χ1) is 9.16. The minimum atomic E-state index is -0.227. The van der Waals surface area contributed by atoms with E-state index in [-0.39, 0.29) is 17.8 Å². The van der Waals surface area contributed by atoms with Gasteiger partial charge in [0.15, 0.2) is 0 Å². The Balaban J connectivity index is 1.97. The van der Waals surface area contributed by atoms with Crippen molar-refractivity contribution in [2.24, 2.45) is 5.73 Å². The summed E-state index contributed by atoms with van der Waals surface area (Å²) in [5.74, 6) is -0.0352. The predicted molar refractivity (Wildman–Crippen MR) is 73.4 cm³/mol. The van der Waals surface area contributed by atoms with Crippen LogP contribution in [-0.4, -0.2) is 4.98 Å². The summed E-state index contributed by atoms with van der Waals surface area (Å²) in [4.78, 5) is 4.47. The number of nitrogens with two attached hydrogens (primary N) is 1. The first-order valence-corrected chi connectivity index (χ1v) is 6.62. The van der Waals surface area contributed by atoms with Gasteiger partial charge in [-0.05, 0) is 54.7 Å². The average Bonchev–Trinajstić information content (AvgIpc) is 2.84. The summed E-state index contributed by atoms with van der Waals surface area (Å²) < 4.78 is 13.4. The number of rotatable bonds is 2. The fourth-order valence-electron chi connectivity index (χ4n) is 2.98. The maximum Gasteiger partial charge on any atom is 0.123 e. The van der Waals surface area contributed by atoms with Gasteiger partial charge < -0.3 is 5.73 Å². The van der Waals surface area contributed by atoms with E-state index >= 15 is 0 Å². The second-order valence-corrected chi connectivity index (χ2v) is 5.22. The molecule has 1 aliphatic rings. The van der Waals surface area contributed by atoms with E-state index in [9.17, 15) is 4.39 Å². The molecule has 2 nitrogen and oxygen atoms in total. The normalized spacial score (nSPS) is 19.2. The van der Waals surface area contributed by atoms with E-state index in [2.05, 4.69) is 11.1 Å². The quantitative estimate of drug-likeness (QED) is 0.895. The van der Waals surface area contributed by atoms with Crippen molar-refractivity contribution in [3.8, 4) is 0 Å². The van der Waals surface area contributed by atoms with Gasteiger partial charge >= 0.3 is 0 Å². The third-order valence-corrected chi connectivity index (χ3v) is 4.04. The molecule has 3 heteroatoms. The van der Waals surface area contributed by atoms with Crippen molar-refractivity contribution in [1.29, 1.82) is 0 Å². The summed E-state index contributed by atoms with van der Waals surface area (Å²) in [6.45, 7) is 1.98. The summed E-state index contributed by atoms with van der Waals surface area (Å²) >= 11 is 0. The Morgan fingerprint density at radius 3 is 3.05 bits per heavy atom. The molecule has 0 saturated heterocycles. The van der Waals surface area contributed by atoms with Crippen molar-refractivity contribution in [2.75, 3.05) is 0 Å². The largest absolute Gasteiger partial charge is 0.323 e. The van der Waals surface area contributed by atoms with Crippen LogP contribution >= 0.6 is 0 Å². The lowest BCUT2D eigenvalue weighted by atomic mass is 9.89. The zero-order chi connectivity index (χ0) is 13.4. The number of aryl methyl sites for hydroxylation is 2. The number of hydrogen-bond donors (Lipinski definition) is 1. The fraction of sp³-hybridized carbons (Fsp3) is 0.312. The van der Waals surface area contributed by atoms with Crippen LogP contribution in [0.5, 0.6) is 0 Å². The van der Waals surface area contributed by atoms with Gasteiger partial charge in [-0.3, -0.25) is 4.98 Å². The minimum Gasteiger partial charge on any atom is -0.323 e. The molecule has 0 spiro atoms. The van der Waals surface area contributed by atoms with Crippen LogP contribution in [-0.2, 0) is 6.42 Å². The molecule has 3 rings (SSSR count). The molecule has 0 aliphatic heterocycles. The van der Waals surface area contributed by atoms with Gasteiger partial charge in [0, 0.05) is 23.9 Å². The molecule has 2 N–H and O–H groups in total. The highest BCUT2D eigenvalue weighted by molar-refractivity contribution is 5.36. The van der Waals surface area contributed by atoms with Gasteiger partial charge in [0.2, 0.25) is 0 Å². The Labute approximate surface area is 112 Å². The van der Waals surface area contributed by atoms with Crippen molar-refractivity contribution >= 4 is 0 Å². The molecule has 0 radical (unpaired) electrons. The number of hydrogen-bond acceptors (Lipinski definition) is 2. The van der Waals surface area contributed by atoms with Crippen LogP contribution in [0.4, 0.5) is 4.39 Å². The van der Waals surface area contributed by atoms with Crippen molar-refractivity contribution in [3.63, 3.8) is 0 Å². The molecule has 2 aromatic rings. The second kappa shape index (κ2) is 4.74. The Morgan fingerprint density at radius 2 is 2.21 bits per heavy atom. The van der Waals surface area contributed by atoms with Gasteiger partial charge in [0.05, 0.1) is 0 Å². The molecule has 1 aromatic carbocycles. The zero-order valence-electron chi connectivity index (χ0n) is 10.9. The first kappa shape index (κ1) is 12.3. The molecular weight excluding hydrogens is 239 g/mol. The maximum absolute atomic E-state index is 13.4. The van der Waals surface area contributed by atoms with Crippen molar-refractivity contribution in [3.05, 3.63) is 64.7 Å². The van der Waals surface area contributed by atoms with E-state index in [1.165, 1.54) is 11.6 Å². The molecule has 1 heterocycles. The van der Waals surface area contributed by atoms with E-state index in [1.807, 2.05) is 19.2 Å². The number of halogens is 1. The fourth-order valence-corrected chi connectivity index (χ4v) is 2.98. The lowest BCUT2D eigenvalue weighted by molar-refractivity contribution is 0.533. The van der Waals surface area contributed by atoms with Gasteiger partial charge in [-0.15, -0.1) is 0 Å². The predicted octanol–water partition coefficient (Wildman–Crippen LogP) is 3.26. The van der Waals surface area contributed by atoms with E-state index < -0.39 is 0 Å². The smallest absolute Gasteiger partial charge is 0.123 e. The van der Waals surface area contributed by atoms with E-state index in [0.717, 1.165) is 29.7 Å². The molecule has 1 aromatic heterocycles. The van der Waals surface area contributed by atoms with E-state index in [0.29, 0.717) is 0 Å². The molecule has 0 saturated carbocycles. The van der Waals surface area contributed by atoms with Crippen molar-refractivity contribution < 1.29 is 4.39 Å². The second-order valence-electron chi connectivity index (χ2n) is 5.22. The Bertz CT molecular complexity index is 609. The summed E-state index contributed by atoms with van der Waals surface area (Å²) in [5.41, 5.74) is 10.7. The minimum absolute atomic E-state index is 0.188. The Kier molecular flexibility index (Phi) is 3.07. The number of pyridine rings is 1.